The molecule has 0 aliphatic carbocycles. The van der Waals surface area contributed by atoms with Crippen LogP contribution in [0.25, 0.3) is 0 Å². The van der Waals surface area contributed by atoms with Crippen LogP contribution in [0.5, 0.6) is 0 Å². The van der Waals surface area contributed by atoms with Gasteiger partial charge in [0.25, 0.3) is 5.91 Å². The predicted octanol–water partition coefficient (Wildman–Crippen LogP) is 2.30. The number of para-hydroxylation sites is 1. The second-order valence-electron chi connectivity index (χ2n) is 4.33. The molecule has 0 fully saturated rings. The third kappa shape index (κ3) is 4.06. The maximum Gasteiger partial charge on any atom is 0.250 e. The van der Waals surface area contributed by atoms with E-state index in [1.54, 1.807) is 37.4 Å². The average molecular weight is 301 g/mol. The van der Waals surface area contributed by atoms with Gasteiger partial charge in [0.2, 0.25) is 5.91 Å². The summed E-state index contributed by atoms with van der Waals surface area (Å²) in [6.07, 6.45) is 1.68. The smallest absolute Gasteiger partial charge is 0.250 e. The Balaban J connectivity index is 2.06. The van der Waals surface area contributed by atoms with Crippen LogP contribution in [0.3, 0.4) is 0 Å². The summed E-state index contributed by atoms with van der Waals surface area (Å²) < 4.78 is 0. The SMILES string of the molecule is CC(Sc1ccccn1)C(=O)Nc1ccccc1C(N)=O. The lowest BCUT2D eigenvalue weighted by molar-refractivity contribution is -0.115. The highest BCUT2D eigenvalue weighted by Crippen LogP contribution is 2.22. The fourth-order valence-corrected chi connectivity index (χ4v) is 2.50. The minimum atomic E-state index is -0.573. The molecule has 2 rings (SSSR count). The first-order valence-electron chi connectivity index (χ1n) is 6.35. The molecule has 0 saturated carbocycles. The van der Waals surface area contributed by atoms with Crippen molar-refractivity contribution < 1.29 is 9.59 Å². The van der Waals surface area contributed by atoms with Gasteiger partial charge in [-0.1, -0.05) is 30.0 Å². The molecule has 5 nitrogen and oxygen atoms in total. The number of hydrogen-bond donors (Lipinski definition) is 2. The lowest BCUT2D eigenvalue weighted by atomic mass is 10.1. The van der Waals surface area contributed by atoms with E-state index in [0.29, 0.717) is 11.3 Å². The summed E-state index contributed by atoms with van der Waals surface area (Å²) in [6, 6.07) is 12.2. The van der Waals surface area contributed by atoms with Gasteiger partial charge in [-0.25, -0.2) is 4.98 Å². The maximum absolute atomic E-state index is 12.2. The van der Waals surface area contributed by atoms with Crippen LogP contribution >= 0.6 is 11.8 Å². The molecule has 1 aromatic heterocycles. The Bertz CT molecular complexity index is 646. The van der Waals surface area contributed by atoms with Gasteiger partial charge < -0.3 is 11.1 Å². The van der Waals surface area contributed by atoms with Crippen molar-refractivity contribution in [1.82, 2.24) is 4.98 Å². The highest BCUT2D eigenvalue weighted by molar-refractivity contribution is 8.00. The van der Waals surface area contributed by atoms with Gasteiger partial charge in [-0.2, -0.15) is 0 Å². The summed E-state index contributed by atoms with van der Waals surface area (Å²) in [5, 5.41) is 3.14. The van der Waals surface area contributed by atoms with Crippen molar-refractivity contribution in [2.75, 3.05) is 5.32 Å². The number of hydrogen-bond acceptors (Lipinski definition) is 4. The lowest BCUT2D eigenvalue weighted by Crippen LogP contribution is -2.24. The van der Waals surface area contributed by atoms with Gasteiger partial charge in [0.15, 0.2) is 0 Å². The van der Waals surface area contributed by atoms with Crippen molar-refractivity contribution in [2.24, 2.45) is 5.73 Å². The molecule has 0 saturated heterocycles. The molecule has 21 heavy (non-hydrogen) atoms. The third-order valence-corrected chi connectivity index (χ3v) is 3.81. The van der Waals surface area contributed by atoms with E-state index in [1.807, 2.05) is 18.2 Å². The van der Waals surface area contributed by atoms with Gasteiger partial charge in [-0.05, 0) is 31.2 Å². The van der Waals surface area contributed by atoms with Gasteiger partial charge in [0, 0.05) is 6.20 Å². The monoisotopic (exact) mass is 301 g/mol. The molecule has 3 N–H and O–H groups in total. The molecule has 2 amide bonds. The molecular weight excluding hydrogens is 286 g/mol. The molecule has 0 radical (unpaired) electrons. The normalized spacial score (nSPS) is 11.7. The fraction of sp³-hybridized carbons (Fsp3) is 0.133. The zero-order chi connectivity index (χ0) is 15.2. The summed E-state index contributed by atoms with van der Waals surface area (Å²) in [6.45, 7) is 1.78. The Kier molecular flexibility index (Phi) is 4.94. The first-order chi connectivity index (χ1) is 10.1. The van der Waals surface area contributed by atoms with Gasteiger partial charge >= 0.3 is 0 Å². The van der Waals surface area contributed by atoms with Crippen molar-refractivity contribution in [1.29, 1.82) is 0 Å². The van der Waals surface area contributed by atoms with Crippen molar-refractivity contribution in [3.63, 3.8) is 0 Å². The molecule has 1 heterocycles. The number of carbonyl (C=O) groups excluding carboxylic acids is 2. The summed E-state index contributed by atoms with van der Waals surface area (Å²) in [4.78, 5) is 27.7. The number of nitrogens with two attached hydrogens (primary N) is 1. The van der Waals surface area contributed by atoms with Crippen molar-refractivity contribution in [3.05, 3.63) is 54.2 Å². The molecule has 1 aromatic carbocycles. The van der Waals surface area contributed by atoms with Crippen molar-refractivity contribution in [3.8, 4) is 0 Å². The summed E-state index contributed by atoms with van der Waals surface area (Å²) >= 11 is 1.35. The lowest BCUT2D eigenvalue weighted by Gasteiger charge is -2.13. The van der Waals surface area contributed by atoms with E-state index in [2.05, 4.69) is 10.3 Å². The number of nitrogens with one attached hydrogen (secondary N) is 1. The molecule has 1 unspecified atom stereocenters. The standard InChI is InChI=1S/C15H15N3O2S/c1-10(21-13-8-4-5-9-17-13)15(20)18-12-7-3-2-6-11(12)14(16)19/h2-10H,1H3,(H2,16,19)(H,18,20). The molecular formula is C15H15N3O2S. The Labute approximate surface area is 127 Å². The van der Waals surface area contributed by atoms with E-state index >= 15 is 0 Å². The Hall–Kier alpha value is -2.34. The molecule has 0 aliphatic rings. The molecule has 2 aromatic rings. The molecule has 0 bridgehead atoms. The van der Waals surface area contributed by atoms with E-state index < -0.39 is 5.91 Å². The second kappa shape index (κ2) is 6.90. The quantitative estimate of drug-likeness (QED) is 0.830. The summed E-state index contributed by atoms with van der Waals surface area (Å²) in [7, 11) is 0. The summed E-state index contributed by atoms with van der Waals surface area (Å²) in [5.41, 5.74) is 6.00. The molecule has 1 atom stereocenters. The van der Waals surface area contributed by atoms with Crippen molar-refractivity contribution >= 4 is 29.3 Å². The van der Waals surface area contributed by atoms with E-state index in [0.717, 1.165) is 5.03 Å². The number of carbonyl (C=O) groups is 2. The van der Waals surface area contributed by atoms with Crippen LogP contribution in [0.1, 0.15) is 17.3 Å². The minimum absolute atomic E-state index is 0.209. The van der Waals surface area contributed by atoms with Crippen LogP contribution in [0, 0.1) is 0 Å². The Morgan fingerprint density at radius 1 is 1.19 bits per heavy atom. The van der Waals surface area contributed by atoms with E-state index in [9.17, 15) is 9.59 Å². The number of thioether (sulfide) groups is 1. The third-order valence-electron chi connectivity index (χ3n) is 2.75. The van der Waals surface area contributed by atoms with Gasteiger partial charge in [-0.15, -0.1) is 0 Å². The Morgan fingerprint density at radius 2 is 1.90 bits per heavy atom. The molecule has 0 spiro atoms. The van der Waals surface area contributed by atoms with Gasteiger partial charge in [-0.3, -0.25) is 9.59 Å². The average Bonchev–Trinajstić information content (AvgIpc) is 2.48. The first kappa shape index (κ1) is 15.1. The number of primary amides is 1. The predicted molar refractivity (Wildman–Crippen MR) is 83.1 cm³/mol. The highest BCUT2D eigenvalue weighted by Gasteiger charge is 2.17. The van der Waals surface area contributed by atoms with E-state index in [1.165, 1.54) is 11.8 Å². The van der Waals surface area contributed by atoms with Crippen LogP contribution < -0.4 is 11.1 Å². The van der Waals surface area contributed by atoms with Crippen LogP contribution in [-0.2, 0) is 4.79 Å². The number of aromatic nitrogens is 1. The first-order valence-corrected chi connectivity index (χ1v) is 7.23. The van der Waals surface area contributed by atoms with Crippen LogP contribution in [-0.4, -0.2) is 22.0 Å². The highest BCUT2D eigenvalue weighted by atomic mass is 32.2. The molecule has 0 aliphatic heterocycles. The topological polar surface area (TPSA) is 85.1 Å². The van der Waals surface area contributed by atoms with Crippen LogP contribution in [0.2, 0.25) is 0 Å². The fourth-order valence-electron chi connectivity index (χ4n) is 1.69. The van der Waals surface area contributed by atoms with Gasteiger partial charge in [0.1, 0.15) is 0 Å². The minimum Gasteiger partial charge on any atom is -0.366 e. The Morgan fingerprint density at radius 3 is 2.57 bits per heavy atom. The number of pyridine rings is 1. The molecule has 108 valence electrons. The molecule has 6 heteroatoms. The summed E-state index contributed by atoms with van der Waals surface area (Å²) in [5.74, 6) is -0.782. The zero-order valence-corrected chi connectivity index (χ0v) is 12.3. The number of rotatable bonds is 5. The van der Waals surface area contributed by atoms with E-state index in [-0.39, 0.29) is 11.2 Å². The second-order valence-corrected chi connectivity index (χ2v) is 5.69. The number of amides is 2. The van der Waals surface area contributed by atoms with Crippen LogP contribution in [0.4, 0.5) is 5.69 Å². The zero-order valence-electron chi connectivity index (χ0n) is 11.4. The number of benzene rings is 1. The maximum atomic E-state index is 12.2. The van der Waals surface area contributed by atoms with Gasteiger partial charge in [0.05, 0.1) is 21.5 Å². The van der Waals surface area contributed by atoms with Crippen molar-refractivity contribution in [2.45, 2.75) is 17.2 Å². The number of anilines is 1. The largest absolute Gasteiger partial charge is 0.366 e. The number of nitrogens with zero attached hydrogens (tertiary/aromatic N) is 1. The van der Waals surface area contributed by atoms with E-state index in [4.69, 9.17) is 5.73 Å². The van der Waals surface area contributed by atoms with Crippen LogP contribution in [0.15, 0.2) is 53.7 Å².